The molecule has 0 radical (unpaired) electrons. The van der Waals surface area contributed by atoms with Crippen molar-refractivity contribution in [3.8, 4) is 0 Å². The molecular formula is C11H21ClN2. The zero-order valence-electron chi connectivity index (χ0n) is 9.01. The molecule has 14 heavy (non-hydrogen) atoms. The fourth-order valence-electron chi connectivity index (χ4n) is 1.83. The SMILES string of the molecule is CC(CNC/C=C/CCl)N1CCCC1. The molecule has 0 amide bonds. The maximum atomic E-state index is 5.52. The summed E-state index contributed by atoms with van der Waals surface area (Å²) in [4.78, 5) is 2.55. The average Bonchev–Trinajstić information content (AvgIpc) is 2.70. The molecule has 0 saturated carbocycles. The first-order valence-electron chi connectivity index (χ1n) is 5.50. The summed E-state index contributed by atoms with van der Waals surface area (Å²) >= 11 is 5.52. The Kier molecular flexibility index (Phi) is 6.24. The summed E-state index contributed by atoms with van der Waals surface area (Å²) < 4.78 is 0. The van der Waals surface area contributed by atoms with Crippen molar-refractivity contribution >= 4 is 11.6 Å². The average molecular weight is 217 g/mol. The van der Waals surface area contributed by atoms with Crippen molar-refractivity contribution in [2.45, 2.75) is 25.8 Å². The lowest BCUT2D eigenvalue weighted by atomic mass is 10.3. The van der Waals surface area contributed by atoms with Gasteiger partial charge >= 0.3 is 0 Å². The van der Waals surface area contributed by atoms with Crippen LogP contribution in [-0.2, 0) is 0 Å². The number of halogens is 1. The lowest BCUT2D eigenvalue weighted by Crippen LogP contribution is -2.38. The largest absolute Gasteiger partial charge is 0.312 e. The van der Waals surface area contributed by atoms with E-state index in [1.807, 2.05) is 6.08 Å². The molecule has 1 unspecified atom stereocenters. The number of hydrogen-bond donors (Lipinski definition) is 1. The van der Waals surface area contributed by atoms with E-state index in [0.29, 0.717) is 11.9 Å². The molecule has 0 aliphatic carbocycles. The van der Waals surface area contributed by atoms with Crippen LogP contribution in [0.15, 0.2) is 12.2 Å². The van der Waals surface area contributed by atoms with Crippen LogP contribution in [0, 0.1) is 0 Å². The molecule has 1 aliphatic rings. The lowest BCUT2D eigenvalue weighted by Gasteiger charge is -2.23. The molecule has 3 heteroatoms. The summed E-state index contributed by atoms with van der Waals surface area (Å²) in [5, 5.41) is 3.41. The van der Waals surface area contributed by atoms with E-state index in [1.54, 1.807) is 0 Å². The van der Waals surface area contributed by atoms with Crippen molar-refractivity contribution in [3.63, 3.8) is 0 Å². The van der Waals surface area contributed by atoms with E-state index < -0.39 is 0 Å². The van der Waals surface area contributed by atoms with Gasteiger partial charge in [-0.2, -0.15) is 0 Å². The molecule has 1 saturated heterocycles. The first-order chi connectivity index (χ1) is 6.84. The van der Waals surface area contributed by atoms with Gasteiger partial charge in [-0.1, -0.05) is 12.2 Å². The van der Waals surface area contributed by atoms with Gasteiger partial charge in [0.05, 0.1) is 0 Å². The first-order valence-corrected chi connectivity index (χ1v) is 6.03. The molecule has 1 N–H and O–H groups in total. The Morgan fingerprint density at radius 3 is 2.71 bits per heavy atom. The van der Waals surface area contributed by atoms with Gasteiger partial charge in [0.25, 0.3) is 0 Å². The number of likely N-dealkylation sites (tertiary alicyclic amines) is 1. The van der Waals surface area contributed by atoms with Gasteiger partial charge in [0.2, 0.25) is 0 Å². The second kappa shape index (κ2) is 7.27. The van der Waals surface area contributed by atoms with Crippen LogP contribution in [0.1, 0.15) is 19.8 Å². The van der Waals surface area contributed by atoms with Gasteiger partial charge in [0, 0.05) is 25.0 Å². The van der Waals surface area contributed by atoms with Crippen molar-refractivity contribution in [1.29, 1.82) is 0 Å². The molecule has 1 aliphatic heterocycles. The zero-order chi connectivity index (χ0) is 10.2. The van der Waals surface area contributed by atoms with Crippen molar-refractivity contribution < 1.29 is 0 Å². The molecule has 1 rings (SSSR count). The van der Waals surface area contributed by atoms with Gasteiger partial charge in [-0.15, -0.1) is 11.6 Å². The van der Waals surface area contributed by atoms with Gasteiger partial charge in [0.1, 0.15) is 0 Å². The summed E-state index contributed by atoms with van der Waals surface area (Å²) in [6.45, 7) is 6.86. The minimum absolute atomic E-state index is 0.614. The van der Waals surface area contributed by atoms with E-state index in [-0.39, 0.29) is 0 Å². The molecule has 1 fully saturated rings. The summed E-state index contributed by atoms with van der Waals surface area (Å²) in [6, 6.07) is 0.668. The Hall–Kier alpha value is -0.0500. The predicted molar refractivity (Wildman–Crippen MR) is 63.0 cm³/mol. The topological polar surface area (TPSA) is 15.3 Å². The lowest BCUT2D eigenvalue weighted by molar-refractivity contribution is 0.254. The molecule has 2 nitrogen and oxygen atoms in total. The maximum absolute atomic E-state index is 5.52. The fraction of sp³-hybridized carbons (Fsp3) is 0.818. The van der Waals surface area contributed by atoms with Crippen molar-refractivity contribution in [2.24, 2.45) is 0 Å². The Morgan fingerprint density at radius 2 is 2.07 bits per heavy atom. The standard InChI is InChI=1S/C11H21ClN2/c1-11(14-8-4-5-9-14)10-13-7-3-2-6-12/h2-3,11,13H,4-10H2,1H3/b3-2+. The van der Waals surface area contributed by atoms with Crippen molar-refractivity contribution in [2.75, 3.05) is 32.1 Å². The Morgan fingerprint density at radius 1 is 1.36 bits per heavy atom. The van der Waals surface area contributed by atoms with Crippen molar-refractivity contribution in [3.05, 3.63) is 12.2 Å². The van der Waals surface area contributed by atoms with Crippen LogP contribution in [0.3, 0.4) is 0 Å². The quantitative estimate of drug-likeness (QED) is 0.414. The molecule has 0 aromatic carbocycles. The van der Waals surface area contributed by atoms with Crippen LogP contribution in [0.2, 0.25) is 0 Å². The van der Waals surface area contributed by atoms with Gasteiger partial charge in [-0.05, 0) is 32.9 Å². The van der Waals surface area contributed by atoms with E-state index >= 15 is 0 Å². The Labute approximate surface area is 92.3 Å². The molecule has 0 bridgehead atoms. The molecule has 82 valence electrons. The van der Waals surface area contributed by atoms with Crippen LogP contribution in [0.25, 0.3) is 0 Å². The van der Waals surface area contributed by atoms with Crippen LogP contribution in [-0.4, -0.2) is 43.0 Å². The summed E-state index contributed by atoms with van der Waals surface area (Å²) in [5.74, 6) is 0.614. The number of rotatable bonds is 6. The second-order valence-electron chi connectivity index (χ2n) is 3.88. The monoisotopic (exact) mass is 216 g/mol. The molecule has 1 heterocycles. The van der Waals surface area contributed by atoms with Gasteiger partial charge in [-0.25, -0.2) is 0 Å². The maximum Gasteiger partial charge on any atom is 0.0404 e. The predicted octanol–water partition coefficient (Wildman–Crippen LogP) is 1.86. The minimum Gasteiger partial charge on any atom is -0.312 e. The van der Waals surface area contributed by atoms with Gasteiger partial charge in [-0.3, -0.25) is 4.90 Å². The highest BCUT2D eigenvalue weighted by Crippen LogP contribution is 2.10. The van der Waals surface area contributed by atoms with Crippen LogP contribution in [0.4, 0.5) is 0 Å². The van der Waals surface area contributed by atoms with Gasteiger partial charge < -0.3 is 5.32 Å². The van der Waals surface area contributed by atoms with E-state index in [0.717, 1.165) is 13.1 Å². The molecule has 0 spiro atoms. The zero-order valence-corrected chi connectivity index (χ0v) is 9.76. The number of nitrogens with zero attached hydrogens (tertiary/aromatic N) is 1. The summed E-state index contributed by atoms with van der Waals surface area (Å²) in [7, 11) is 0. The summed E-state index contributed by atoms with van der Waals surface area (Å²) in [5.41, 5.74) is 0. The Bertz CT molecular complexity index is 165. The number of allylic oxidation sites excluding steroid dienone is 1. The van der Waals surface area contributed by atoms with E-state index in [4.69, 9.17) is 11.6 Å². The molecule has 1 atom stereocenters. The normalized spacial score (nSPS) is 20.7. The van der Waals surface area contributed by atoms with Gasteiger partial charge in [0.15, 0.2) is 0 Å². The van der Waals surface area contributed by atoms with Crippen molar-refractivity contribution in [1.82, 2.24) is 10.2 Å². The minimum atomic E-state index is 0.614. The third-order valence-electron chi connectivity index (χ3n) is 2.72. The van der Waals surface area contributed by atoms with E-state index in [2.05, 4.69) is 23.2 Å². The second-order valence-corrected chi connectivity index (χ2v) is 4.18. The summed E-state index contributed by atoms with van der Waals surface area (Å²) in [6.07, 6.45) is 6.81. The van der Waals surface area contributed by atoms with Crippen LogP contribution in [0.5, 0.6) is 0 Å². The smallest absolute Gasteiger partial charge is 0.0404 e. The molecule has 0 aromatic heterocycles. The molecule has 0 aromatic rings. The number of hydrogen-bond acceptors (Lipinski definition) is 2. The fourth-order valence-corrected chi connectivity index (χ4v) is 1.96. The highest BCUT2D eigenvalue weighted by molar-refractivity contribution is 6.18. The van der Waals surface area contributed by atoms with E-state index in [1.165, 1.54) is 25.9 Å². The third-order valence-corrected chi connectivity index (χ3v) is 2.90. The highest BCUT2D eigenvalue weighted by Gasteiger charge is 2.16. The molecular weight excluding hydrogens is 196 g/mol. The highest BCUT2D eigenvalue weighted by atomic mass is 35.5. The number of alkyl halides is 1. The Balaban J connectivity index is 2.02. The number of nitrogens with one attached hydrogen (secondary N) is 1. The van der Waals surface area contributed by atoms with E-state index in [9.17, 15) is 0 Å². The third kappa shape index (κ3) is 4.45. The van der Waals surface area contributed by atoms with Crippen LogP contribution >= 0.6 is 11.6 Å². The first kappa shape index (κ1) is 12.0. The van der Waals surface area contributed by atoms with Crippen LogP contribution < -0.4 is 5.32 Å².